The van der Waals surface area contributed by atoms with Crippen LogP contribution in [0.15, 0.2) is 53.6 Å². The third-order valence-corrected chi connectivity index (χ3v) is 2.58. The molecule has 1 N–H and O–H groups in total. The average molecular weight is 272 g/mol. The molecule has 102 valence electrons. The van der Waals surface area contributed by atoms with Crippen molar-refractivity contribution in [3.05, 3.63) is 65.5 Å². The van der Waals surface area contributed by atoms with Crippen LogP contribution in [-0.4, -0.2) is 19.2 Å². The lowest BCUT2D eigenvalue weighted by atomic mass is 10.2. The Labute approximate surface area is 115 Å². The van der Waals surface area contributed by atoms with Crippen LogP contribution < -0.4 is 10.2 Å². The number of hydrazone groups is 1. The van der Waals surface area contributed by atoms with Gasteiger partial charge >= 0.3 is 0 Å². The summed E-state index contributed by atoms with van der Waals surface area (Å²) in [6, 6.07) is 12.5. The minimum Gasteiger partial charge on any atom is -0.497 e. The molecule has 20 heavy (non-hydrogen) atoms. The van der Waals surface area contributed by atoms with Crippen molar-refractivity contribution >= 4 is 12.1 Å². The third kappa shape index (κ3) is 3.65. The van der Waals surface area contributed by atoms with Crippen LogP contribution in [-0.2, 0) is 0 Å². The van der Waals surface area contributed by atoms with E-state index in [-0.39, 0.29) is 5.82 Å². The Hall–Kier alpha value is -2.69. The number of carbonyl (C=O) groups is 1. The van der Waals surface area contributed by atoms with E-state index < -0.39 is 5.91 Å². The molecule has 2 aromatic rings. The van der Waals surface area contributed by atoms with Crippen LogP contribution in [0.2, 0.25) is 0 Å². The highest BCUT2D eigenvalue weighted by molar-refractivity contribution is 5.94. The summed E-state index contributed by atoms with van der Waals surface area (Å²) in [5, 5.41) is 3.84. The zero-order valence-electron chi connectivity index (χ0n) is 10.8. The van der Waals surface area contributed by atoms with Gasteiger partial charge in [0, 0.05) is 5.56 Å². The zero-order chi connectivity index (χ0) is 14.4. The van der Waals surface area contributed by atoms with Crippen LogP contribution in [0, 0.1) is 5.82 Å². The highest BCUT2D eigenvalue weighted by atomic mass is 19.1. The molecule has 0 saturated carbocycles. The van der Waals surface area contributed by atoms with E-state index in [0.29, 0.717) is 11.3 Å². The molecule has 0 saturated heterocycles. The molecule has 5 heteroatoms. The van der Waals surface area contributed by atoms with Crippen LogP contribution in [0.25, 0.3) is 0 Å². The fraction of sp³-hybridized carbons (Fsp3) is 0.0667. The van der Waals surface area contributed by atoms with Gasteiger partial charge in [-0.1, -0.05) is 12.1 Å². The van der Waals surface area contributed by atoms with Crippen LogP contribution in [0.4, 0.5) is 4.39 Å². The number of nitrogens with one attached hydrogen (secondary N) is 1. The number of nitrogens with zero attached hydrogens (tertiary/aromatic N) is 1. The van der Waals surface area contributed by atoms with Crippen molar-refractivity contribution in [2.24, 2.45) is 5.10 Å². The zero-order valence-corrected chi connectivity index (χ0v) is 10.8. The maximum absolute atomic E-state index is 12.7. The Kier molecular flexibility index (Phi) is 4.44. The number of halogens is 1. The summed E-state index contributed by atoms with van der Waals surface area (Å²) in [6.07, 6.45) is 1.50. The van der Waals surface area contributed by atoms with E-state index in [1.54, 1.807) is 13.2 Å². The van der Waals surface area contributed by atoms with Gasteiger partial charge in [-0.2, -0.15) is 5.10 Å². The van der Waals surface area contributed by atoms with Crippen molar-refractivity contribution in [1.82, 2.24) is 5.43 Å². The fourth-order valence-electron chi connectivity index (χ4n) is 1.55. The van der Waals surface area contributed by atoms with Gasteiger partial charge in [-0.15, -0.1) is 0 Å². The number of methoxy groups -OCH3 is 1. The molecule has 0 heterocycles. The molecule has 0 aromatic heterocycles. The molecule has 0 spiro atoms. The summed E-state index contributed by atoms with van der Waals surface area (Å²) in [6.45, 7) is 0. The number of carbonyl (C=O) groups excluding carboxylic acids is 1. The second kappa shape index (κ2) is 6.47. The summed E-state index contributed by atoms with van der Waals surface area (Å²) in [4.78, 5) is 11.7. The Bertz CT molecular complexity index is 624. The number of ether oxygens (including phenoxy) is 1. The van der Waals surface area contributed by atoms with Gasteiger partial charge < -0.3 is 4.74 Å². The van der Waals surface area contributed by atoms with Crippen LogP contribution in [0.5, 0.6) is 5.75 Å². The lowest BCUT2D eigenvalue weighted by Crippen LogP contribution is -2.17. The average Bonchev–Trinajstić information content (AvgIpc) is 2.48. The molecule has 2 aromatic carbocycles. The first-order chi connectivity index (χ1) is 9.69. The van der Waals surface area contributed by atoms with Crippen molar-refractivity contribution in [2.75, 3.05) is 7.11 Å². The van der Waals surface area contributed by atoms with E-state index in [1.807, 2.05) is 18.2 Å². The lowest BCUT2D eigenvalue weighted by molar-refractivity contribution is 0.0955. The van der Waals surface area contributed by atoms with Gasteiger partial charge in [0.05, 0.1) is 13.3 Å². The molecule has 0 fully saturated rings. The van der Waals surface area contributed by atoms with E-state index in [4.69, 9.17) is 4.74 Å². The van der Waals surface area contributed by atoms with E-state index in [2.05, 4.69) is 10.5 Å². The van der Waals surface area contributed by atoms with Gasteiger partial charge in [-0.25, -0.2) is 9.82 Å². The van der Waals surface area contributed by atoms with Gasteiger partial charge in [0.15, 0.2) is 0 Å². The predicted molar refractivity (Wildman–Crippen MR) is 74.5 cm³/mol. The highest BCUT2D eigenvalue weighted by Gasteiger charge is 2.03. The molecule has 0 radical (unpaired) electrons. The normalized spacial score (nSPS) is 10.5. The summed E-state index contributed by atoms with van der Waals surface area (Å²) in [5.74, 6) is -0.0793. The first-order valence-electron chi connectivity index (χ1n) is 5.92. The van der Waals surface area contributed by atoms with Crippen molar-refractivity contribution in [3.8, 4) is 5.75 Å². The smallest absolute Gasteiger partial charge is 0.271 e. The highest BCUT2D eigenvalue weighted by Crippen LogP contribution is 2.10. The van der Waals surface area contributed by atoms with Crippen molar-refractivity contribution in [2.45, 2.75) is 0 Å². The van der Waals surface area contributed by atoms with Crippen LogP contribution in [0.3, 0.4) is 0 Å². The molecule has 0 unspecified atom stereocenters. The molecule has 0 aliphatic rings. The molecule has 4 nitrogen and oxygen atoms in total. The molecule has 1 amide bonds. The minimum atomic E-state index is -0.399. The summed E-state index contributed by atoms with van der Waals surface area (Å²) in [5.41, 5.74) is 3.51. The van der Waals surface area contributed by atoms with Gasteiger partial charge in [-0.3, -0.25) is 4.79 Å². The van der Waals surface area contributed by atoms with E-state index >= 15 is 0 Å². The molecular weight excluding hydrogens is 259 g/mol. The third-order valence-electron chi connectivity index (χ3n) is 2.58. The standard InChI is InChI=1S/C15H13FN2O2/c1-20-14-4-2-3-11(9-14)10-17-18-15(19)12-5-7-13(16)8-6-12/h2-10H,1H3,(H,18,19). The number of hydrogen-bond acceptors (Lipinski definition) is 3. The fourth-order valence-corrected chi connectivity index (χ4v) is 1.55. The van der Waals surface area contributed by atoms with Crippen molar-refractivity contribution in [1.29, 1.82) is 0 Å². The Morgan fingerprint density at radius 2 is 2.00 bits per heavy atom. The largest absolute Gasteiger partial charge is 0.497 e. The van der Waals surface area contributed by atoms with Gasteiger partial charge in [0.1, 0.15) is 11.6 Å². The predicted octanol–water partition coefficient (Wildman–Crippen LogP) is 2.60. The Morgan fingerprint density at radius 3 is 2.70 bits per heavy atom. The Morgan fingerprint density at radius 1 is 1.25 bits per heavy atom. The molecular formula is C15H13FN2O2. The number of amides is 1. The molecule has 0 bridgehead atoms. The minimum absolute atomic E-state index is 0.342. The maximum atomic E-state index is 12.7. The van der Waals surface area contributed by atoms with Gasteiger partial charge in [0.25, 0.3) is 5.91 Å². The molecule has 0 aliphatic carbocycles. The maximum Gasteiger partial charge on any atom is 0.271 e. The van der Waals surface area contributed by atoms with E-state index in [0.717, 1.165) is 5.56 Å². The van der Waals surface area contributed by atoms with Crippen LogP contribution >= 0.6 is 0 Å². The van der Waals surface area contributed by atoms with Gasteiger partial charge in [-0.05, 0) is 42.0 Å². The van der Waals surface area contributed by atoms with Crippen molar-refractivity contribution < 1.29 is 13.9 Å². The summed E-state index contributed by atoms with van der Waals surface area (Å²) < 4.78 is 17.8. The topological polar surface area (TPSA) is 50.7 Å². The Balaban J connectivity index is 1.98. The van der Waals surface area contributed by atoms with Crippen LogP contribution in [0.1, 0.15) is 15.9 Å². The SMILES string of the molecule is COc1cccc(C=NNC(=O)c2ccc(F)cc2)c1. The van der Waals surface area contributed by atoms with Gasteiger partial charge in [0.2, 0.25) is 0 Å². The monoisotopic (exact) mass is 272 g/mol. The first kappa shape index (κ1) is 13.7. The molecule has 0 aliphatic heterocycles. The molecule has 2 rings (SSSR count). The number of hydrogen-bond donors (Lipinski definition) is 1. The lowest BCUT2D eigenvalue weighted by Gasteiger charge is -2.01. The quantitative estimate of drug-likeness (QED) is 0.687. The summed E-state index contributed by atoms with van der Waals surface area (Å²) in [7, 11) is 1.58. The second-order valence-electron chi connectivity index (χ2n) is 3.98. The van der Waals surface area contributed by atoms with Crippen molar-refractivity contribution in [3.63, 3.8) is 0 Å². The summed E-state index contributed by atoms with van der Waals surface area (Å²) >= 11 is 0. The first-order valence-corrected chi connectivity index (χ1v) is 5.92. The number of rotatable bonds is 4. The van der Waals surface area contributed by atoms with E-state index in [9.17, 15) is 9.18 Å². The second-order valence-corrected chi connectivity index (χ2v) is 3.98. The van der Waals surface area contributed by atoms with E-state index in [1.165, 1.54) is 30.5 Å². The number of benzene rings is 2. The molecule has 0 atom stereocenters.